The van der Waals surface area contributed by atoms with Crippen LogP contribution in [-0.2, 0) is 14.3 Å². The van der Waals surface area contributed by atoms with Crippen LogP contribution < -0.4 is 0 Å². The Hall–Kier alpha value is -0.650. The first-order valence-corrected chi connectivity index (χ1v) is 7.24. The molecule has 0 bridgehead atoms. The summed E-state index contributed by atoms with van der Waals surface area (Å²) in [5.41, 5.74) is -0.636. The second-order valence-electron chi connectivity index (χ2n) is 5.83. The van der Waals surface area contributed by atoms with E-state index in [-0.39, 0.29) is 6.10 Å². The lowest BCUT2D eigenvalue weighted by Gasteiger charge is -2.44. The molecule has 5 heteroatoms. The molecule has 0 aromatic rings. The van der Waals surface area contributed by atoms with Crippen molar-refractivity contribution in [3.63, 3.8) is 0 Å². The van der Waals surface area contributed by atoms with Crippen molar-refractivity contribution in [3.8, 4) is 0 Å². The molecular formula is C14H25NO4. The Morgan fingerprint density at radius 3 is 2.68 bits per heavy atom. The van der Waals surface area contributed by atoms with Crippen molar-refractivity contribution in [1.82, 2.24) is 4.90 Å². The predicted molar refractivity (Wildman–Crippen MR) is 71.2 cm³/mol. The summed E-state index contributed by atoms with van der Waals surface area (Å²) in [7, 11) is 0. The highest BCUT2D eigenvalue weighted by atomic mass is 16.5. The standard InChI is InChI=1S/C14H25NO4/c1-3-12-9-19-11(2)8-15(12)10-14(13(16)17)4-6-18-7-5-14/h11-12H,3-10H2,1-2H3,(H,16,17). The fourth-order valence-electron chi connectivity index (χ4n) is 3.07. The van der Waals surface area contributed by atoms with E-state index in [9.17, 15) is 9.90 Å². The summed E-state index contributed by atoms with van der Waals surface area (Å²) in [6, 6.07) is 0.343. The molecule has 2 rings (SSSR count). The van der Waals surface area contributed by atoms with E-state index in [0.29, 0.717) is 45.2 Å². The monoisotopic (exact) mass is 271 g/mol. The normalized spacial score (nSPS) is 32.1. The molecule has 2 saturated heterocycles. The minimum absolute atomic E-state index is 0.188. The number of nitrogens with zero attached hydrogens (tertiary/aromatic N) is 1. The van der Waals surface area contributed by atoms with Crippen LogP contribution in [0, 0.1) is 5.41 Å². The van der Waals surface area contributed by atoms with Gasteiger partial charge in [0.15, 0.2) is 0 Å². The van der Waals surface area contributed by atoms with E-state index >= 15 is 0 Å². The Bertz CT molecular complexity index is 315. The van der Waals surface area contributed by atoms with Gasteiger partial charge in [0.25, 0.3) is 0 Å². The van der Waals surface area contributed by atoms with Crippen molar-refractivity contribution in [1.29, 1.82) is 0 Å². The average Bonchev–Trinajstić information content (AvgIpc) is 2.40. The molecule has 0 saturated carbocycles. The van der Waals surface area contributed by atoms with Crippen molar-refractivity contribution in [3.05, 3.63) is 0 Å². The Balaban J connectivity index is 2.08. The van der Waals surface area contributed by atoms with Gasteiger partial charge in [-0.05, 0) is 26.2 Å². The highest BCUT2D eigenvalue weighted by molar-refractivity contribution is 5.75. The maximum absolute atomic E-state index is 11.7. The molecule has 2 atom stereocenters. The first kappa shape index (κ1) is 14.8. The van der Waals surface area contributed by atoms with Gasteiger partial charge in [-0.2, -0.15) is 0 Å². The summed E-state index contributed by atoms with van der Waals surface area (Å²) in [5.74, 6) is -0.676. The van der Waals surface area contributed by atoms with Crippen LogP contribution in [0.5, 0.6) is 0 Å². The maximum atomic E-state index is 11.7. The third-order valence-corrected chi connectivity index (χ3v) is 4.46. The minimum Gasteiger partial charge on any atom is -0.481 e. The molecular weight excluding hydrogens is 246 g/mol. The van der Waals surface area contributed by atoms with Crippen LogP contribution in [0.4, 0.5) is 0 Å². The van der Waals surface area contributed by atoms with Crippen LogP contribution >= 0.6 is 0 Å². The molecule has 0 aromatic carbocycles. The third kappa shape index (κ3) is 3.27. The molecule has 0 radical (unpaired) electrons. The Labute approximate surface area is 114 Å². The molecule has 0 amide bonds. The largest absolute Gasteiger partial charge is 0.481 e. The van der Waals surface area contributed by atoms with Gasteiger partial charge in [-0.3, -0.25) is 9.69 Å². The Morgan fingerprint density at radius 2 is 2.11 bits per heavy atom. The molecule has 2 aliphatic heterocycles. The fourth-order valence-corrected chi connectivity index (χ4v) is 3.07. The molecule has 2 fully saturated rings. The summed E-state index contributed by atoms with van der Waals surface area (Å²) >= 11 is 0. The molecule has 2 heterocycles. The average molecular weight is 271 g/mol. The highest BCUT2D eigenvalue weighted by Gasteiger charge is 2.43. The van der Waals surface area contributed by atoms with Gasteiger partial charge in [-0.1, -0.05) is 6.92 Å². The molecule has 0 aromatic heterocycles. The zero-order chi connectivity index (χ0) is 13.9. The highest BCUT2D eigenvalue weighted by Crippen LogP contribution is 2.33. The first-order chi connectivity index (χ1) is 9.07. The smallest absolute Gasteiger partial charge is 0.311 e. The summed E-state index contributed by atoms with van der Waals surface area (Å²) in [4.78, 5) is 14.0. The van der Waals surface area contributed by atoms with E-state index in [2.05, 4.69) is 18.7 Å². The van der Waals surface area contributed by atoms with Gasteiger partial charge in [0, 0.05) is 32.3 Å². The van der Waals surface area contributed by atoms with Crippen LogP contribution in [0.1, 0.15) is 33.1 Å². The lowest BCUT2D eigenvalue weighted by atomic mass is 9.79. The maximum Gasteiger partial charge on any atom is 0.311 e. The number of aliphatic carboxylic acids is 1. The zero-order valence-electron chi connectivity index (χ0n) is 11.9. The van der Waals surface area contributed by atoms with Crippen LogP contribution in [0.3, 0.4) is 0 Å². The number of carbonyl (C=O) groups is 1. The van der Waals surface area contributed by atoms with E-state index in [1.165, 1.54) is 0 Å². The van der Waals surface area contributed by atoms with E-state index < -0.39 is 11.4 Å². The number of hydrogen-bond acceptors (Lipinski definition) is 4. The van der Waals surface area contributed by atoms with Crippen molar-refractivity contribution in [2.24, 2.45) is 5.41 Å². The lowest BCUT2D eigenvalue weighted by Crippen LogP contribution is -2.55. The van der Waals surface area contributed by atoms with E-state index in [1.807, 2.05) is 0 Å². The number of hydrogen-bond donors (Lipinski definition) is 1. The summed E-state index contributed by atoms with van der Waals surface area (Å²) in [6.45, 7) is 7.47. The van der Waals surface area contributed by atoms with Gasteiger partial charge in [-0.25, -0.2) is 0 Å². The molecule has 1 N–H and O–H groups in total. The number of ether oxygens (including phenoxy) is 2. The second kappa shape index (κ2) is 6.20. The molecule has 5 nitrogen and oxygen atoms in total. The van der Waals surface area contributed by atoms with Crippen LogP contribution in [0.15, 0.2) is 0 Å². The summed E-state index contributed by atoms with van der Waals surface area (Å²) < 4.78 is 11.0. The van der Waals surface area contributed by atoms with Crippen molar-refractivity contribution in [2.45, 2.75) is 45.3 Å². The molecule has 19 heavy (non-hydrogen) atoms. The van der Waals surface area contributed by atoms with E-state index in [1.54, 1.807) is 0 Å². The number of morpholine rings is 1. The first-order valence-electron chi connectivity index (χ1n) is 7.24. The van der Waals surface area contributed by atoms with Crippen molar-refractivity contribution < 1.29 is 19.4 Å². The molecule has 2 unspecified atom stereocenters. The number of carboxylic acid groups (broad SMARTS) is 1. The molecule has 110 valence electrons. The number of carboxylic acids is 1. The second-order valence-corrected chi connectivity index (χ2v) is 5.83. The van der Waals surface area contributed by atoms with Crippen molar-refractivity contribution in [2.75, 3.05) is 32.9 Å². The molecule has 0 aliphatic carbocycles. The fraction of sp³-hybridized carbons (Fsp3) is 0.929. The molecule has 2 aliphatic rings. The predicted octanol–water partition coefficient (Wildman–Crippen LogP) is 1.37. The van der Waals surface area contributed by atoms with Crippen molar-refractivity contribution >= 4 is 5.97 Å². The Kier molecular flexibility index (Phi) is 4.81. The van der Waals surface area contributed by atoms with Gasteiger partial charge in [0.1, 0.15) is 0 Å². The van der Waals surface area contributed by atoms with Gasteiger partial charge >= 0.3 is 5.97 Å². The summed E-state index contributed by atoms with van der Waals surface area (Å²) in [6.07, 6.45) is 2.42. The SMILES string of the molecule is CCC1COC(C)CN1CC1(C(=O)O)CCOCC1. The van der Waals surface area contributed by atoms with Crippen LogP contribution in [0.25, 0.3) is 0 Å². The van der Waals surface area contributed by atoms with E-state index in [0.717, 1.165) is 13.0 Å². The van der Waals surface area contributed by atoms with Gasteiger partial charge in [0.2, 0.25) is 0 Å². The van der Waals surface area contributed by atoms with Gasteiger partial charge < -0.3 is 14.6 Å². The third-order valence-electron chi connectivity index (χ3n) is 4.46. The van der Waals surface area contributed by atoms with E-state index in [4.69, 9.17) is 9.47 Å². The summed E-state index contributed by atoms with van der Waals surface area (Å²) in [5, 5.41) is 9.63. The van der Waals surface area contributed by atoms with Gasteiger partial charge in [0.05, 0.1) is 18.1 Å². The number of rotatable bonds is 4. The van der Waals surface area contributed by atoms with Crippen LogP contribution in [0.2, 0.25) is 0 Å². The topological polar surface area (TPSA) is 59.0 Å². The molecule has 0 spiro atoms. The minimum atomic E-state index is -0.676. The quantitative estimate of drug-likeness (QED) is 0.837. The Morgan fingerprint density at radius 1 is 1.42 bits per heavy atom. The zero-order valence-corrected chi connectivity index (χ0v) is 11.9. The van der Waals surface area contributed by atoms with Gasteiger partial charge in [-0.15, -0.1) is 0 Å². The lowest BCUT2D eigenvalue weighted by molar-refractivity contribution is -0.160. The van der Waals surface area contributed by atoms with Crippen LogP contribution in [-0.4, -0.2) is 61.0 Å².